The van der Waals surface area contributed by atoms with E-state index in [1.54, 1.807) is 23.2 Å². The molecule has 0 bridgehead atoms. The van der Waals surface area contributed by atoms with Crippen LogP contribution in [-0.2, 0) is 16.0 Å². The standard InChI is InChI=1S/C16H18FN3O2/c1-11-9-18-16(19-11)14-10-22-7-6-20(14)15(21)8-12-2-4-13(17)5-3-12/h2-5,9,14H,6-8,10H2,1H3,(H,18,19)/t14-/m1/s1. The van der Waals surface area contributed by atoms with Crippen molar-refractivity contribution in [3.8, 4) is 0 Å². The van der Waals surface area contributed by atoms with Crippen LogP contribution in [0.15, 0.2) is 30.5 Å². The maximum atomic E-state index is 12.9. The summed E-state index contributed by atoms with van der Waals surface area (Å²) in [5, 5.41) is 0. The molecule has 0 saturated carbocycles. The fraction of sp³-hybridized carbons (Fsp3) is 0.375. The molecule has 22 heavy (non-hydrogen) atoms. The molecule has 1 amide bonds. The lowest BCUT2D eigenvalue weighted by atomic mass is 10.1. The van der Waals surface area contributed by atoms with Crippen molar-refractivity contribution < 1.29 is 13.9 Å². The quantitative estimate of drug-likeness (QED) is 0.943. The molecule has 1 fully saturated rings. The zero-order valence-corrected chi connectivity index (χ0v) is 12.4. The summed E-state index contributed by atoms with van der Waals surface area (Å²) >= 11 is 0. The number of benzene rings is 1. The summed E-state index contributed by atoms with van der Waals surface area (Å²) in [6.45, 7) is 3.41. The van der Waals surface area contributed by atoms with Gasteiger partial charge in [-0.25, -0.2) is 9.37 Å². The number of nitrogens with zero attached hydrogens (tertiary/aromatic N) is 2. The number of morpholine rings is 1. The Morgan fingerprint density at radius 1 is 1.45 bits per heavy atom. The number of rotatable bonds is 3. The lowest BCUT2D eigenvalue weighted by Crippen LogP contribution is -2.44. The van der Waals surface area contributed by atoms with E-state index in [0.29, 0.717) is 19.8 Å². The molecule has 1 aromatic carbocycles. The van der Waals surface area contributed by atoms with Gasteiger partial charge < -0.3 is 14.6 Å². The molecule has 0 unspecified atom stereocenters. The van der Waals surface area contributed by atoms with Gasteiger partial charge in [0, 0.05) is 18.4 Å². The molecule has 6 heteroatoms. The Kier molecular flexibility index (Phi) is 4.20. The highest BCUT2D eigenvalue weighted by Crippen LogP contribution is 2.23. The molecule has 116 valence electrons. The van der Waals surface area contributed by atoms with Gasteiger partial charge in [-0.1, -0.05) is 12.1 Å². The van der Waals surface area contributed by atoms with Crippen molar-refractivity contribution >= 4 is 5.91 Å². The highest BCUT2D eigenvalue weighted by Gasteiger charge is 2.30. The molecule has 2 heterocycles. The number of nitrogens with one attached hydrogen (secondary N) is 1. The van der Waals surface area contributed by atoms with Crippen LogP contribution in [0.3, 0.4) is 0 Å². The van der Waals surface area contributed by atoms with Crippen LogP contribution in [0.2, 0.25) is 0 Å². The van der Waals surface area contributed by atoms with E-state index >= 15 is 0 Å². The first-order valence-electron chi connectivity index (χ1n) is 7.26. The van der Waals surface area contributed by atoms with Crippen molar-refractivity contribution in [2.24, 2.45) is 0 Å². The third-order valence-corrected chi connectivity index (χ3v) is 3.76. The number of amides is 1. The van der Waals surface area contributed by atoms with Gasteiger partial charge in [-0.3, -0.25) is 4.79 Å². The number of carbonyl (C=O) groups is 1. The average Bonchev–Trinajstić information content (AvgIpc) is 2.96. The van der Waals surface area contributed by atoms with Crippen LogP contribution in [-0.4, -0.2) is 40.5 Å². The molecule has 0 spiro atoms. The summed E-state index contributed by atoms with van der Waals surface area (Å²) in [6.07, 6.45) is 1.99. The molecule has 1 N–H and O–H groups in total. The lowest BCUT2D eigenvalue weighted by molar-refractivity contribution is -0.139. The molecule has 1 aromatic heterocycles. The van der Waals surface area contributed by atoms with E-state index < -0.39 is 0 Å². The molecule has 3 rings (SSSR count). The van der Waals surface area contributed by atoms with E-state index in [1.807, 2.05) is 6.92 Å². The Labute approximate surface area is 128 Å². The second-order valence-electron chi connectivity index (χ2n) is 5.43. The van der Waals surface area contributed by atoms with Gasteiger partial charge in [0.25, 0.3) is 0 Å². The Morgan fingerprint density at radius 2 is 2.23 bits per heavy atom. The summed E-state index contributed by atoms with van der Waals surface area (Å²) in [6, 6.07) is 5.82. The summed E-state index contributed by atoms with van der Waals surface area (Å²) in [5.41, 5.74) is 1.75. The van der Waals surface area contributed by atoms with Gasteiger partial charge in [-0.15, -0.1) is 0 Å². The van der Waals surface area contributed by atoms with Crippen molar-refractivity contribution in [1.82, 2.24) is 14.9 Å². The first-order valence-corrected chi connectivity index (χ1v) is 7.26. The Balaban J connectivity index is 1.75. The number of ether oxygens (including phenoxy) is 1. The highest BCUT2D eigenvalue weighted by atomic mass is 19.1. The summed E-state index contributed by atoms with van der Waals surface area (Å²) in [5.74, 6) is 0.435. The second-order valence-corrected chi connectivity index (χ2v) is 5.43. The first kappa shape index (κ1) is 14.7. The highest BCUT2D eigenvalue weighted by molar-refractivity contribution is 5.79. The van der Waals surface area contributed by atoms with Crippen LogP contribution in [0.5, 0.6) is 0 Å². The van der Waals surface area contributed by atoms with Crippen LogP contribution < -0.4 is 0 Å². The van der Waals surface area contributed by atoms with E-state index in [4.69, 9.17) is 4.74 Å². The smallest absolute Gasteiger partial charge is 0.227 e. The zero-order valence-electron chi connectivity index (χ0n) is 12.4. The predicted octanol–water partition coefficient (Wildman–Crippen LogP) is 2.00. The van der Waals surface area contributed by atoms with Crippen molar-refractivity contribution in [3.63, 3.8) is 0 Å². The van der Waals surface area contributed by atoms with Gasteiger partial charge in [-0.2, -0.15) is 0 Å². The Hall–Kier alpha value is -2.21. The minimum atomic E-state index is -0.300. The number of carbonyl (C=O) groups excluding carboxylic acids is 1. The van der Waals surface area contributed by atoms with Gasteiger partial charge in [0.15, 0.2) is 0 Å². The monoisotopic (exact) mass is 303 g/mol. The third kappa shape index (κ3) is 3.17. The van der Waals surface area contributed by atoms with Crippen LogP contribution in [0.4, 0.5) is 4.39 Å². The summed E-state index contributed by atoms with van der Waals surface area (Å²) in [4.78, 5) is 21.8. The van der Waals surface area contributed by atoms with Crippen LogP contribution >= 0.6 is 0 Å². The Morgan fingerprint density at radius 3 is 2.91 bits per heavy atom. The van der Waals surface area contributed by atoms with E-state index in [-0.39, 0.29) is 24.2 Å². The molecule has 1 aliphatic heterocycles. The van der Waals surface area contributed by atoms with Crippen molar-refractivity contribution in [3.05, 3.63) is 53.4 Å². The van der Waals surface area contributed by atoms with Gasteiger partial charge >= 0.3 is 0 Å². The minimum absolute atomic E-state index is 0.00559. The molecule has 1 saturated heterocycles. The number of aromatic nitrogens is 2. The van der Waals surface area contributed by atoms with E-state index in [9.17, 15) is 9.18 Å². The molecule has 0 radical (unpaired) electrons. The molecular weight excluding hydrogens is 285 g/mol. The van der Waals surface area contributed by atoms with Crippen LogP contribution in [0, 0.1) is 12.7 Å². The number of H-pyrrole nitrogens is 1. The van der Waals surface area contributed by atoms with Gasteiger partial charge in [0.2, 0.25) is 5.91 Å². The van der Waals surface area contributed by atoms with E-state index in [1.165, 1.54) is 12.1 Å². The number of aryl methyl sites for hydroxylation is 1. The predicted molar refractivity (Wildman–Crippen MR) is 78.7 cm³/mol. The summed E-state index contributed by atoms with van der Waals surface area (Å²) < 4.78 is 18.4. The van der Waals surface area contributed by atoms with E-state index in [0.717, 1.165) is 17.1 Å². The summed E-state index contributed by atoms with van der Waals surface area (Å²) in [7, 11) is 0. The number of hydrogen-bond acceptors (Lipinski definition) is 3. The molecule has 1 aliphatic rings. The van der Waals surface area contributed by atoms with Crippen LogP contribution in [0.25, 0.3) is 0 Å². The SMILES string of the molecule is Cc1cnc([C@H]2COCCN2C(=O)Cc2ccc(F)cc2)[nH]1. The second kappa shape index (κ2) is 6.27. The molecule has 0 aliphatic carbocycles. The van der Waals surface area contributed by atoms with Gasteiger partial charge in [0.05, 0.1) is 19.6 Å². The number of hydrogen-bond donors (Lipinski definition) is 1. The van der Waals surface area contributed by atoms with Gasteiger partial charge in [0.1, 0.15) is 17.7 Å². The molecule has 5 nitrogen and oxygen atoms in total. The topological polar surface area (TPSA) is 58.2 Å². The fourth-order valence-corrected chi connectivity index (χ4v) is 2.61. The molecular formula is C16H18FN3O2. The minimum Gasteiger partial charge on any atom is -0.377 e. The van der Waals surface area contributed by atoms with Crippen molar-refractivity contribution in [2.45, 2.75) is 19.4 Å². The van der Waals surface area contributed by atoms with Crippen molar-refractivity contribution in [1.29, 1.82) is 0 Å². The maximum absolute atomic E-state index is 12.9. The first-order chi connectivity index (χ1) is 10.6. The maximum Gasteiger partial charge on any atom is 0.227 e. The van der Waals surface area contributed by atoms with Crippen LogP contribution in [0.1, 0.15) is 23.1 Å². The number of imidazole rings is 1. The largest absolute Gasteiger partial charge is 0.377 e. The zero-order chi connectivity index (χ0) is 15.5. The third-order valence-electron chi connectivity index (χ3n) is 3.76. The lowest BCUT2D eigenvalue weighted by Gasteiger charge is -2.34. The Bertz CT molecular complexity index is 654. The fourth-order valence-electron chi connectivity index (χ4n) is 2.61. The van der Waals surface area contributed by atoms with E-state index in [2.05, 4.69) is 9.97 Å². The van der Waals surface area contributed by atoms with Gasteiger partial charge in [-0.05, 0) is 24.6 Å². The number of aromatic amines is 1. The average molecular weight is 303 g/mol. The molecule has 2 aromatic rings. The normalized spacial score (nSPS) is 18.5. The molecule has 1 atom stereocenters. The number of halogens is 1. The van der Waals surface area contributed by atoms with Crippen molar-refractivity contribution in [2.75, 3.05) is 19.8 Å².